The smallest absolute Gasteiger partial charge is 0.241 e. The van der Waals surface area contributed by atoms with E-state index in [4.69, 9.17) is 0 Å². The third-order valence-electron chi connectivity index (χ3n) is 1.32. The van der Waals surface area contributed by atoms with Gasteiger partial charge < -0.3 is 24.0 Å². The fourth-order valence-electron chi connectivity index (χ4n) is 0.707. The summed E-state index contributed by atoms with van der Waals surface area (Å²) in [7, 11) is 0. The van der Waals surface area contributed by atoms with E-state index in [1.807, 2.05) is 18.7 Å². The second-order valence-electron chi connectivity index (χ2n) is 3.19. The Labute approximate surface area is 78.7 Å². The van der Waals surface area contributed by atoms with Crippen LogP contribution in [0, 0.1) is 0 Å². The fraction of sp³-hybridized carbons (Fsp3) is 0.571. The van der Waals surface area contributed by atoms with Crippen molar-refractivity contribution in [2.75, 3.05) is 0 Å². The summed E-state index contributed by atoms with van der Waals surface area (Å²) >= 11 is 0. The highest BCUT2D eigenvalue weighted by molar-refractivity contribution is 4.60. The van der Waals surface area contributed by atoms with Gasteiger partial charge in [-0.05, 0) is 20.8 Å². The summed E-state index contributed by atoms with van der Waals surface area (Å²) in [5.74, 6) is 0. The van der Waals surface area contributed by atoms with Crippen molar-refractivity contribution in [2.24, 2.45) is 0 Å². The summed E-state index contributed by atoms with van der Waals surface area (Å²) in [6, 6.07) is 0. The Hall–Kier alpha value is -0.0600. The van der Waals surface area contributed by atoms with Crippen LogP contribution in [0.15, 0.2) is 18.7 Å². The molecule has 0 aromatic carbocycles. The van der Waals surface area contributed by atoms with Crippen LogP contribution in [-0.4, -0.2) is 4.98 Å². The third-order valence-corrected chi connectivity index (χ3v) is 1.32. The Kier molecular flexibility index (Phi) is 3.35. The quantitative estimate of drug-likeness (QED) is 0.409. The van der Waals surface area contributed by atoms with E-state index in [-0.39, 0.29) is 29.5 Å². The molecule has 3 heteroatoms. The minimum absolute atomic E-state index is 0. The molecule has 0 spiro atoms. The van der Waals surface area contributed by atoms with Crippen LogP contribution in [0.2, 0.25) is 0 Å². The van der Waals surface area contributed by atoms with Crippen LogP contribution in [0.1, 0.15) is 20.8 Å². The molecule has 0 atom stereocenters. The van der Waals surface area contributed by atoms with Gasteiger partial charge in [0.05, 0.1) is 0 Å². The van der Waals surface area contributed by atoms with E-state index in [0.717, 1.165) is 0 Å². The lowest BCUT2D eigenvalue weighted by atomic mass is 10.1. The van der Waals surface area contributed by atoms with Gasteiger partial charge in [0.2, 0.25) is 6.33 Å². The van der Waals surface area contributed by atoms with E-state index < -0.39 is 0 Å². The van der Waals surface area contributed by atoms with Gasteiger partial charge in [0, 0.05) is 0 Å². The molecule has 0 saturated heterocycles. The topological polar surface area (TPSA) is 19.7 Å². The molecule has 1 aromatic heterocycles. The summed E-state index contributed by atoms with van der Waals surface area (Å²) in [6.07, 6.45) is 5.91. The molecule has 0 fully saturated rings. The average Bonchev–Trinajstić information content (AvgIpc) is 2.08. The zero-order valence-electron chi connectivity index (χ0n) is 6.56. The highest BCUT2D eigenvalue weighted by Gasteiger charge is 2.16. The zero-order chi connectivity index (χ0) is 6.91. The number of nitrogens with one attached hydrogen (secondary N) is 1. The first-order valence-electron chi connectivity index (χ1n) is 3.15. The number of rotatable bonds is 0. The van der Waals surface area contributed by atoms with E-state index in [1.54, 1.807) is 0 Å². The summed E-state index contributed by atoms with van der Waals surface area (Å²) in [6.45, 7) is 6.50. The molecule has 0 bridgehead atoms. The van der Waals surface area contributed by atoms with Crippen LogP contribution in [0.5, 0.6) is 0 Å². The maximum atomic E-state index is 3.00. The highest BCUT2D eigenvalue weighted by Crippen LogP contribution is 2.00. The maximum absolute atomic E-state index is 3.00. The SMILES string of the molecule is CC(C)(C)[n+]1cc[nH]c1.[I-]. The van der Waals surface area contributed by atoms with Crippen molar-refractivity contribution in [1.82, 2.24) is 4.98 Å². The lowest BCUT2D eigenvalue weighted by Gasteiger charge is -2.12. The molecule has 1 N–H and O–H groups in total. The van der Waals surface area contributed by atoms with Gasteiger partial charge in [-0.1, -0.05) is 0 Å². The predicted octanol–water partition coefficient (Wildman–Crippen LogP) is -1.94. The minimum atomic E-state index is 0. The number of hydrogen-bond acceptors (Lipinski definition) is 0. The fourth-order valence-corrected chi connectivity index (χ4v) is 0.707. The summed E-state index contributed by atoms with van der Waals surface area (Å²) in [5.41, 5.74) is 0.208. The van der Waals surface area contributed by atoms with Crippen LogP contribution >= 0.6 is 0 Å². The molecule has 2 nitrogen and oxygen atoms in total. The first kappa shape index (κ1) is 9.94. The summed E-state index contributed by atoms with van der Waals surface area (Å²) in [4.78, 5) is 3.00. The second-order valence-corrected chi connectivity index (χ2v) is 3.19. The molecular weight excluding hydrogens is 239 g/mol. The van der Waals surface area contributed by atoms with E-state index in [1.165, 1.54) is 0 Å². The lowest BCUT2D eigenvalue weighted by Crippen LogP contribution is -3.00. The van der Waals surface area contributed by atoms with Gasteiger partial charge in [-0.15, -0.1) is 0 Å². The van der Waals surface area contributed by atoms with Gasteiger partial charge in [0.1, 0.15) is 17.9 Å². The molecular formula is C7H13IN2. The largest absolute Gasteiger partial charge is 1.00 e. The Balaban J connectivity index is 0.000000810. The van der Waals surface area contributed by atoms with Gasteiger partial charge in [-0.3, -0.25) is 4.98 Å². The van der Waals surface area contributed by atoms with E-state index in [2.05, 4.69) is 30.3 Å². The van der Waals surface area contributed by atoms with Crippen LogP contribution in [0.25, 0.3) is 0 Å². The molecule has 0 amide bonds. The number of aromatic amines is 1. The number of aromatic nitrogens is 2. The minimum Gasteiger partial charge on any atom is -1.00 e. The predicted molar refractivity (Wildman–Crippen MR) is 36.0 cm³/mol. The molecule has 0 aliphatic heterocycles. The number of nitrogens with zero attached hydrogens (tertiary/aromatic N) is 1. The van der Waals surface area contributed by atoms with Crippen LogP contribution < -0.4 is 28.5 Å². The van der Waals surface area contributed by atoms with Crippen LogP contribution in [0.3, 0.4) is 0 Å². The number of H-pyrrole nitrogens is 1. The third kappa shape index (κ3) is 2.28. The van der Waals surface area contributed by atoms with E-state index in [0.29, 0.717) is 0 Å². The molecule has 10 heavy (non-hydrogen) atoms. The number of imidazole rings is 1. The van der Waals surface area contributed by atoms with Crippen molar-refractivity contribution >= 4 is 0 Å². The first-order chi connectivity index (χ1) is 4.11. The van der Waals surface area contributed by atoms with Gasteiger partial charge >= 0.3 is 0 Å². The van der Waals surface area contributed by atoms with Crippen molar-refractivity contribution in [1.29, 1.82) is 0 Å². The molecule has 0 unspecified atom stereocenters. The van der Waals surface area contributed by atoms with E-state index in [9.17, 15) is 0 Å². The van der Waals surface area contributed by atoms with E-state index >= 15 is 0 Å². The number of halogens is 1. The monoisotopic (exact) mass is 252 g/mol. The van der Waals surface area contributed by atoms with Gasteiger partial charge in [-0.2, -0.15) is 0 Å². The maximum Gasteiger partial charge on any atom is 0.241 e. The van der Waals surface area contributed by atoms with Gasteiger partial charge in [0.15, 0.2) is 0 Å². The highest BCUT2D eigenvalue weighted by atomic mass is 127. The Morgan fingerprint density at radius 1 is 1.30 bits per heavy atom. The zero-order valence-corrected chi connectivity index (χ0v) is 8.71. The van der Waals surface area contributed by atoms with Crippen molar-refractivity contribution < 1.29 is 28.5 Å². The van der Waals surface area contributed by atoms with Crippen LogP contribution in [-0.2, 0) is 5.54 Å². The van der Waals surface area contributed by atoms with Gasteiger partial charge in [-0.25, -0.2) is 4.57 Å². The van der Waals surface area contributed by atoms with Crippen molar-refractivity contribution in [3.05, 3.63) is 18.7 Å². The normalized spacial score (nSPS) is 10.7. The molecule has 1 aromatic rings. The van der Waals surface area contributed by atoms with Crippen LogP contribution in [0.4, 0.5) is 0 Å². The van der Waals surface area contributed by atoms with Gasteiger partial charge in [0.25, 0.3) is 0 Å². The summed E-state index contributed by atoms with van der Waals surface area (Å²) < 4.78 is 2.13. The van der Waals surface area contributed by atoms with Crippen molar-refractivity contribution in [2.45, 2.75) is 26.3 Å². The average molecular weight is 252 g/mol. The standard InChI is InChI=1S/C7H12N2.HI/c1-7(2,3)9-5-4-8-6-9;/h4-6H,1-3H3;1H. The second kappa shape index (κ2) is 3.37. The Morgan fingerprint density at radius 3 is 2.10 bits per heavy atom. The Bertz CT molecular complexity index is 174. The molecule has 1 heterocycles. The first-order valence-corrected chi connectivity index (χ1v) is 3.15. The Morgan fingerprint density at radius 2 is 1.90 bits per heavy atom. The molecule has 58 valence electrons. The molecule has 0 radical (unpaired) electrons. The molecule has 0 saturated carbocycles. The molecule has 1 rings (SSSR count). The van der Waals surface area contributed by atoms with Crippen molar-refractivity contribution in [3.63, 3.8) is 0 Å². The number of hydrogen-bond donors (Lipinski definition) is 1. The molecule has 0 aliphatic carbocycles. The van der Waals surface area contributed by atoms with Crippen molar-refractivity contribution in [3.8, 4) is 0 Å². The summed E-state index contributed by atoms with van der Waals surface area (Å²) in [5, 5.41) is 0. The molecule has 0 aliphatic rings. The lowest BCUT2D eigenvalue weighted by molar-refractivity contribution is -0.752.